The van der Waals surface area contributed by atoms with Crippen LogP contribution in [0.4, 0.5) is 0 Å². The fourth-order valence-corrected chi connectivity index (χ4v) is 7.39. The van der Waals surface area contributed by atoms with Crippen molar-refractivity contribution in [2.45, 2.75) is 0 Å². The second-order valence-corrected chi connectivity index (χ2v) is 12.9. The smallest absolute Gasteiger partial charge is 0.164 e. The lowest BCUT2D eigenvalue weighted by molar-refractivity contribution is 1.07. The van der Waals surface area contributed by atoms with Crippen LogP contribution in [0.5, 0.6) is 0 Å². The molecule has 2 heterocycles. The molecule has 0 saturated heterocycles. The maximum atomic E-state index is 5.07. The molecule has 0 aliphatic rings. The summed E-state index contributed by atoms with van der Waals surface area (Å²) in [5, 5.41) is 7.42. The molecule has 0 aliphatic heterocycles. The molecule has 0 fully saturated rings. The molecule has 0 bridgehead atoms. The summed E-state index contributed by atoms with van der Waals surface area (Å²) in [5.41, 5.74) is 8.46. The van der Waals surface area contributed by atoms with E-state index in [0.717, 1.165) is 33.5 Å². The average Bonchev–Trinajstić information content (AvgIpc) is 3.54. The van der Waals surface area contributed by atoms with Gasteiger partial charge in [-0.15, -0.1) is 0 Å². The first-order chi connectivity index (χ1) is 25.3. The molecular formula is C47H30N4. The van der Waals surface area contributed by atoms with Crippen molar-refractivity contribution >= 4 is 43.4 Å². The number of benzene rings is 8. The molecule has 238 valence electrons. The lowest BCUT2D eigenvalue weighted by Gasteiger charge is -2.16. The van der Waals surface area contributed by atoms with Crippen LogP contribution in [0.3, 0.4) is 0 Å². The second kappa shape index (κ2) is 11.9. The number of hydrogen-bond acceptors (Lipinski definition) is 3. The summed E-state index contributed by atoms with van der Waals surface area (Å²) in [6.07, 6.45) is 0. The molecule has 0 saturated carbocycles. The minimum atomic E-state index is 0.630. The normalized spacial score (nSPS) is 11.5. The minimum Gasteiger partial charge on any atom is -0.309 e. The van der Waals surface area contributed by atoms with Crippen molar-refractivity contribution in [3.8, 4) is 51.0 Å². The van der Waals surface area contributed by atoms with E-state index in [1.54, 1.807) is 0 Å². The molecule has 0 radical (unpaired) electrons. The molecule has 10 aromatic rings. The summed E-state index contributed by atoms with van der Waals surface area (Å²) in [5.74, 6) is 1.92. The molecule has 2 aromatic heterocycles. The maximum Gasteiger partial charge on any atom is 0.164 e. The van der Waals surface area contributed by atoms with E-state index in [1.807, 2.05) is 60.7 Å². The van der Waals surface area contributed by atoms with Crippen molar-refractivity contribution in [1.29, 1.82) is 0 Å². The van der Waals surface area contributed by atoms with Crippen LogP contribution in [0.15, 0.2) is 182 Å². The van der Waals surface area contributed by atoms with Gasteiger partial charge in [0, 0.05) is 33.0 Å². The Morgan fingerprint density at radius 3 is 1.51 bits per heavy atom. The number of fused-ring (bicyclic) bond motifs is 6. The minimum absolute atomic E-state index is 0.630. The average molecular weight is 651 g/mol. The summed E-state index contributed by atoms with van der Waals surface area (Å²) >= 11 is 0. The Kier molecular flexibility index (Phi) is 6.78. The van der Waals surface area contributed by atoms with Crippen molar-refractivity contribution in [2.24, 2.45) is 0 Å². The van der Waals surface area contributed by atoms with Crippen molar-refractivity contribution < 1.29 is 0 Å². The summed E-state index contributed by atoms with van der Waals surface area (Å²) in [6.45, 7) is 0. The van der Waals surface area contributed by atoms with Gasteiger partial charge in [-0.05, 0) is 63.5 Å². The van der Waals surface area contributed by atoms with Gasteiger partial charge in [0.2, 0.25) is 0 Å². The van der Waals surface area contributed by atoms with Crippen LogP contribution in [0.25, 0.3) is 94.3 Å². The van der Waals surface area contributed by atoms with Crippen molar-refractivity contribution in [2.75, 3.05) is 0 Å². The predicted octanol–water partition coefficient (Wildman–Crippen LogP) is 11.9. The fraction of sp³-hybridized carbons (Fsp3) is 0. The Morgan fingerprint density at radius 2 is 0.863 bits per heavy atom. The van der Waals surface area contributed by atoms with E-state index in [1.165, 1.54) is 43.4 Å². The van der Waals surface area contributed by atoms with E-state index >= 15 is 0 Å². The number of aromatic nitrogens is 4. The second-order valence-electron chi connectivity index (χ2n) is 12.9. The Balaban J connectivity index is 1.26. The van der Waals surface area contributed by atoms with E-state index in [0.29, 0.717) is 17.5 Å². The number of hydrogen-bond donors (Lipinski definition) is 0. The molecule has 0 aliphatic carbocycles. The lowest BCUT2D eigenvalue weighted by atomic mass is 10.00. The molecule has 51 heavy (non-hydrogen) atoms. The van der Waals surface area contributed by atoms with Gasteiger partial charge in [0.15, 0.2) is 17.5 Å². The third kappa shape index (κ3) is 4.96. The van der Waals surface area contributed by atoms with Crippen LogP contribution in [0.1, 0.15) is 0 Å². The summed E-state index contributed by atoms with van der Waals surface area (Å²) in [7, 11) is 0. The van der Waals surface area contributed by atoms with Crippen molar-refractivity contribution in [3.63, 3.8) is 0 Å². The van der Waals surface area contributed by atoms with Crippen LogP contribution >= 0.6 is 0 Å². The third-order valence-corrected chi connectivity index (χ3v) is 9.80. The molecule has 4 nitrogen and oxygen atoms in total. The Morgan fingerprint density at radius 1 is 0.333 bits per heavy atom. The van der Waals surface area contributed by atoms with Crippen LogP contribution in [0, 0.1) is 0 Å². The maximum absolute atomic E-state index is 5.07. The fourth-order valence-electron chi connectivity index (χ4n) is 7.39. The van der Waals surface area contributed by atoms with Gasteiger partial charge < -0.3 is 4.57 Å². The molecular weight excluding hydrogens is 621 g/mol. The first-order valence-corrected chi connectivity index (χ1v) is 17.2. The lowest BCUT2D eigenvalue weighted by Crippen LogP contribution is -2.02. The Labute approximate surface area is 295 Å². The van der Waals surface area contributed by atoms with Gasteiger partial charge in [-0.2, -0.15) is 0 Å². The highest BCUT2D eigenvalue weighted by Crippen LogP contribution is 2.42. The topological polar surface area (TPSA) is 43.6 Å². The highest BCUT2D eigenvalue weighted by atomic mass is 15.0. The third-order valence-electron chi connectivity index (χ3n) is 9.80. The molecule has 4 heteroatoms. The zero-order valence-electron chi connectivity index (χ0n) is 27.6. The number of rotatable bonds is 5. The molecule has 0 atom stereocenters. The van der Waals surface area contributed by atoms with Gasteiger partial charge in [-0.3, -0.25) is 0 Å². The largest absolute Gasteiger partial charge is 0.309 e. The van der Waals surface area contributed by atoms with Gasteiger partial charge >= 0.3 is 0 Å². The van der Waals surface area contributed by atoms with Crippen molar-refractivity contribution in [3.05, 3.63) is 182 Å². The molecule has 0 amide bonds. The molecule has 0 unspecified atom stereocenters. The highest BCUT2D eigenvalue weighted by Gasteiger charge is 2.20. The van der Waals surface area contributed by atoms with Crippen LogP contribution in [0.2, 0.25) is 0 Å². The van der Waals surface area contributed by atoms with Gasteiger partial charge in [0.25, 0.3) is 0 Å². The quantitative estimate of drug-likeness (QED) is 0.186. The SMILES string of the molecule is c1ccc(-c2nc(-c3ccccc3)nc(-c3ccc(-n4c5cc6ccccc6cc5c5c6ccccc6ccc54)c(-c4ccccc4)c3)n2)cc1. The first kappa shape index (κ1) is 29.0. The molecule has 0 spiro atoms. The summed E-state index contributed by atoms with van der Waals surface area (Å²) < 4.78 is 2.44. The monoisotopic (exact) mass is 650 g/mol. The van der Waals surface area contributed by atoms with Gasteiger partial charge in [-0.25, -0.2) is 15.0 Å². The molecule has 0 N–H and O–H groups in total. The van der Waals surface area contributed by atoms with Crippen LogP contribution in [-0.2, 0) is 0 Å². The van der Waals surface area contributed by atoms with Gasteiger partial charge in [0.05, 0.1) is 16.7 Å². The van der Waals surface area contributed by atoms with E-state index < -0.39 is 0 Å². The van der Waals surface area contributed by atoms with Crippen LogP contribution in [-0.4, -0.2) is 19.5 Å². The first-order valence-electron chi connectivity index (χ1n) is 17.2. The summed E-state index contributed by atoms with van der Waals surface area (Å²) in [4.78, 5) is 15.1. The zero-order valence-corrected chi connectivity index (χ0v) is 27.6. The standard InChI is InChI=1S/C47H30N4/c1-4-14-31(15-5-1)39-29-37(47-49-45(33-17-6-2-7-18-33)48-46(50-47)34-19-8-3-9-20-34)25-26-41(39)51-42-27-24-32-16-12-13-23-38(32)44(42)40-28-35-21-10-11-22-36(35)30-43(40)51/h1-30H. The molecule has 8 aromatic carbocycles. The van der Waals surface area contributed by atoms with Crippen molar-refractivity contribution in [1.82, 2.24) is 19.5 Å². The van der Waals surface area contributed by atoms with E-state index in [9.17, 15) is 0 Å². The van der Waals surface area contributed by atoms with E-state index in [2.05, 4.69) is 126 Å². The molecule has 10 rings (SSSR count). The Bertz CT molecular complexity index is 2840. The highest BCUT2D eigenvalue weighted by molar-refractivity contribution is 6.23. The van der Waals surface area contributed by atoms with Gasteiger partial charge in [0.1, 0.15) is 0 Å². The van der Waals surface area contributed by atoms with E-state index in [4.69, 9.17) is 15.0 Å². The Hall–Kier alpha value is -6.91. The van der Waals surface area contributed by atoms with Crippen LogP contribution < -0.4 is 0 Å². The van der Waals surface area contributed by atoms with E-state index in [-0.39, 0.29) is 0 Å². The number of nitrogens with zero attached hydrogens (tertiary/aromatic N) is 4. The predicted molar refractivity (Wildman–Crippen MR) is 211 cm³/mol. The zero-order chi connectivity index (χ0) is 33.7. The summed E-state index contributed by atoms with van der Waals surface area (Å²) in [6, 6.07) is 64.0. The van der Waals surface area contributed by atoms with Gasteiger partial charge in [-0.1, -0.05) is 146 Å².